The number of sulfonamides is 1. The van der Waals surface area contributed by atoms with E-state index in [-0.39, 0.29) is 22.8 Å². The lowest BCUT2D eigenvalue weighted by Crippen LogP contribution is -2.33. The van der Waals surface area contributed by atoms with Crippen LogP contribution in [0.4, 0.5) is 13.2 Å². The van der Waals surface area contributed by atoms with Crippen LogP contribution in [0.15, 0.2) is 29.2 Å². The Labute approximate surface area is 127 Å². The van der Waals surface area contributed by atoms with Crippen LogP contribution < -0.4 is 5.73 Å². The molecule has 22 heavy (non-hydrogen) atoms. The number of nitrogens with zero attached hydrogens (tertiary/aromatic N) is 1. The second-order valence-electron chi connectivity index (χ2n) is 6.01. The first kappa shape index (κ1) is 15.8. The van der Waals surface area contributed by atoms with Crippen molar-refractivity contribution in [1.29, 1.82) is 0 Å². The number of nitrogens with two attached hydrogens (primary N) is 1. The smallest absolute Gasteiger partial charge is 0.327 e. The van der Waals surface area contributed by atoms with Gasteiger partial charge in [0.2, 0.25) is 10.0 Å². The Hall–Kier alpha value is -1.12. The van der Waals surface area contributed by atoms with E-state index in [4.69, 9.17) is 5.73 Å². The molecule has 3 rings (SSSR count). The van der Waals surface area contributed by atoms with Crippen molar-refractivity contribution in [3.05, 3.63) is 29.8 Å². The van der Waals surface area contributed by atoms with E-state index in [1.807, 2.05) is 0 Å². The summed E-state index contributed by atoms with van der Waals surface area (Å²) in [6.07, 6.45) is -2.80. The summed E-state index contributed by atoms with van der Waals surface area (Å²) in [7, 11) is -3.91. The van der Waals surface area contributed by atoms with Gasteiger partial charge in [0, 0.05) is 19.1 Å². The lowest BCUT2D eigenvalue weighted by atomic mass is 9.98. The second-order valence-corrected chi connectivity index (χ2v) is 7.95. The summed E-state index contributed by atoms with van der Waals surface area (Å²) < 4.78 is 64.7. The van der Waals surface area contributed by atoms with Crippen LogP contribution >= 0.6 is 0 Å². The molecule has 0 amide bonds. The Morgan fingerprint density at radius 2 is 1.91 bits per heavy atom. The molecule has 1 aliphatic heterocycles. The van der Waals surface area contributed by atoms with Crippen LogP contribution in [0.25, 0.3) is 0 Å². The molecule has 1 aromatic rings. The van der Waals surface area contributed by atoms with Crippen molar-refractivity contribution in [3.8, 4) is 0 Å². The molecule has 0 aromatic heterocycles. The van der Waals surface area contributed by atoms with Crippen molar-refractivity contribution in [1.82, 2.24) is 4.31 Å². The van der Waals surface area contributed by atoms with E-state index in [2.05, 4.69) is 0 Å². The van der Waals surface area contributed by atoms with Crippen LogP contribution in [0, 0.1) is 11.8 Å². The van der Waals surface area contributed by atoms with Crippen molar-refractivity contribution in [2.45, 2.75) is 30.0 Å². The Balaban J connectivity index is 1.88. The van der Waals surface area contributed by atoms with Gasteiger partial charge in [0.15, 0.2) is 0 Å². The monoisotopic (exact) mass is 334 g/mol. The third kappa shape index (κ3) is 2.63. The molecule has 122 valence electrons. The molecule has 1 saturated heterocycles. The van der Waals surface area contributed by atoms with E-state index in [0.717, 1.165) is 25.0 Å². The summed E-state index contributed by atoms with van der Waals surface area (Å²) in [6, 6.07) is 3.88. The van der Waals surface area contributed by atoms with Crippen molar-refractivity contribution >= 4 is 10.0 Å². The van der Waals surface area contributed by atoms with Gasteiger partial charge < -0.3 is 5.73 Å². The first-order valence-corrected chi connectivity index (χ1v) is 8.56. The zero-order valence-electron chi connectivity index (χ0n) is 11.8. The van der Waals surface area contributed by atoms with Gasteiger partial charge in [0.25, 0.3) is 0 Å². The molecule has 1 saturated carbocycles. The maximum atomic E-state index is 12.7. The van der Waals surface area contributed by atoms with Gasteiger partial charge in [-0.15, -0.1) is 0 Å². The number of rotatable bonds is 2. The topological polar surface area (TPSA) is 63.4 Å². The minimum atomic E-state index is -4.56. The van der Waals surface area contributed by atoms with Crippen LogP contribution in [-0.2, 0) is 16.2 Å². The number of fused-ring (bicyclic) bond motifs is 1. The summed E-state index contributed by atoms with van der Waals surface area (Å²) in [5.74, 6) is 0.330. The molecule has 3 unspecified atom stereocenters. The number of hydrogen-bond donors (Lipinski definition) is 1. The second kappa shape index (κ2) is 5.21. The Bertz CT molecular complexity index is 675. The molecule has 1 heterocycles. The maximum absolute atomic E-state index is 12.7. The Morgan fingerprint density at radius 1 is 1.18 bits per heavy atom. The summed E-state index contributed by atoms with van der Waals surface area (Å²) in [5, 5.41) is 0. The van der Waals surface area contributed by atoms with E-state index in [1.54, 1.807) is 0 Å². The van der Waals surface area contributed by atoms with Gasteiger partial charge in [-0.25, -0.2) is 8.42 Å². The molecule has 3 atom stereocenters. The third-order valence-corrected chi connectivity index (χ3v) is 6.51. The molecular weight excluding hydrogens is 317 g/mol. The average molecular weight is 334 g/mol. The summed E-state index contributed by atoms with van der Waals surface area (Å²) in [4.78, 5) is -0.309. The maximum Gasteiger partial charge on any atom is 0.416 e. The molecule has 2 N–H and O–H groups in total. The summed E-state index contributed by atoms with van der Waals surface area (Å²) in [5.41, 5.74) is 5.02. The highest BCUT2D eigenvalue weighted by atomic mass is 32.2. The normalized spacial score (nSPS) is 29.7. The predicted octanol–water partition coefficient (Wildman–Crippen LogP) is 2.06. The molecule has 1 aliphatic carbocycles. The Kier molecular flexibility index (Phi) is 3.73. The summed E-state index contributed by atoms with van der Waals surface area (Å²) >= 11 is 0. The van der Waals surface area contributed by atoms with E-state index >= 15 is 0 Å². The zero-order chi connectivity index (χ0) is 16.1. The van der Waals surface area contributed by atoms with Crippen molar-refractivity contribution in [3.63, 3.8) is 0 Å². The van der Waals surface area contributed by atoms with Crippen LogP contribution in [0.5, 0.6) is 0 Å². The van der Waals surface area contributed by atoms with Crippen molar-refractivity contribution in [2.24, 2.45) is 17.6 Å². The van der Waals surface area contributed by atoms with Crippen molar-refractivity contribution < 1.29 is 21.6 Å². The number of benzene rings is 1. The van der Waals surface area contributed by atoms with Gasteiger partial charge in [0.05, 0.1) is 10.5 Å². The number of halogens is 3. The van der Waals surface area contributed by atoms with Gasteiger partial charge in [-0.3, -0.25) is 0 Å². The minimum absolute atomic E-state index is 0.0216. The van der Waals surface area contributed by atoms with Gasteiger partial charge in [-0.1, -0.05) is 6.07 Å². The highest BCUT2D eigenvalue weighted by Gasteiger charge is 2.45. The molecule has 0 bridgehead atoms. The van der Waals surface area contributed by atoms with E-state index in [1.165, 1.54) is 10.4 Å². The molecule has 2 aliphatic rings. The minimum Gasteiger partial charge on any atom is -0.327 e. The fourth-order valence-corrected chi connectivity index (χ4v) is 5.03. The molecule has 4 nitrogen and oxygen atoms in total. The van der Waals surface area contributed by atoms with Gasteiger partial charge in [-0.2, -0.15) is 17.5 Å². The van der Waals surface area contributed by atoms with Gasteiger partial charge >= 0.3 is 6.18 Å². The predicted molar refractivity (Wildman–Crippen MR) is 74.4 cm³/mol. The molecule has 8 heteroatoms. The van der Waals surface area contributed by atoms with Crippen LogP contribution in [0.3, 0.4) is 0 Å². The molecule has 2 fully saturated rings. The lowest BCUT2D eigenvalue weighted by molar-refractivity contribution is -0.137. The SMILES string of the molecule is NC1CCC2CN(S(=O)(=O)c3cccc(C(F)(F)F)c3)CC12. The fraction of sp³-hybridized carbons (Fsp3) is 0.571. The standard InChI is InChI=1S/C14H17F3N2O2S/c15-14(16,17)10-2-1-3-11(6-10)22(20,21)19-7-9-4-5-13(18)12(9)8-19/h1-3,6,9,12-13H,4-5,7-8,18H2. The zero-order valence-corrected chi connectivity index (χ0v) is 12.6. The number of hydrogen-bond acceptors (Lipinski definition) is 3. The molecular formula is C14H17F3N2O2S. The Morgan fingerprint density at radius 3 is 2.55 bits per heavy atom. The largest absolute Gasteiger partial charge is 0.416 e. The van der Waals surface area contributed by atoms with Gasteiger partial charge in [0.1, 0.15) is 0 Å². The van der Waals surface area contributed by atoms with Crippen molar-refractivity contribution in [2.75, 3.05) is 13.1 Å². The fourth-order valence-electron chi connectivity index (χ4n) is 3.44. The first-order chi connectivity index (χ1) is 10.2. The average Bonchev–Trinajstić information content (AvgIpc) is 3.01. The molecule has 0 radical (unpaired) electrons. The quantitative estimate of drug-likeness (QED) is 0.900. The lowest BCUT2D eigenvalue weighted by Gasteiger charge is -2.19. The van der Waals surface area contributed by atoms with Gasteiger partial charge in [-0.05, 0) is 42.9 Å². The van der Waals surface area contributed by atoms with E-state index < -0.39 is 21.8 Å². The van der Waals surface area contributed by atoms with E-state index in [0.29, 0.717) is 19.2 Å². The molecule has 1 aromatic carbocycles. The molecule has 0 spiro atoms. The highest BCUT2D eigenvalue weighted by Crippen LogP contribution is 2.39. The van der Waals surface area contributed by atoms with E-state index in [9.17, 15) is 21.6 Å². The van der Waals surface area contributed by atoms with Crippen LogP contribution in [0.1, 0.15) is 18.4 Å². The first-order valence-electron chi connectivity index (χ1n) is 7.12. The highest BCUT2D eigenvalue weighted by molar-refractivity contribution is 7.89. The third-order valence-electron chi connectivity index (χ3n) is 4.68. The van der Waals surface area contributed by atoms with Crippen LogP contribution in [-0.4, -0.2) is 31.9 Å². The summed E-state index contributed by atoms with van der Waals surface area (Å²) in [6.45, 7) is 0.640. The van der Waals surface area contributed by atoms with Crippen LogP contribution in [0.2, 0.25) is 0 Å². The number of alkyl halides is 3.